The minimum atomic E-state index is -1.45. The van der Waals surface area contributed by atoms with Gasteiger partial charge in [0.25, 0.3) is 0 Å². The molecule has 0 bridgehead atoms. The van der Waals surface area contributed by atoms with Crippen molar-refractivity contribution in [3.8, 4) is 0 Å². The summed E-state index contributed by atoms with van der Waals surface area (Å²) in [7, 11) is 0. The van der Waals surface area contributed by atoms with Crippen molar-refractivity contribution in [1.82, 2.24) is 0 Å². The maximum absolute atomic E-state index is 12.3. The van der Waals surface area contributed by atoms with Crippen molar-refractivity contribution in [1.29, 1.82) is 0 Å². The molecule has 0 aliphatic rings. The van der Waals surface area contributed by atoms with E-state index in [4.69, 9.17) is 9.47 Å². The lowest BCUT2D eigenvalue weighted by atomic mass is 9.92. The lowest BCUT2D eigenvalue weighted by molar-refractivity contribution is 0.0191. The first-order valence-corrected chi connectivity index (χ1v) is 11.4. The van der Waals surface area contributed by atoms with Crippen LogP contribution in [0.4, 0.5) is 0 Å². The third-order valence-electron chi connectivity index (χ3n) is 5.22. The van der Waals surface area contributed by atoms with E-state index in [2.05, 4.69) is 6.92 Å². The Morgan fingerprint density at radius 3 is 1.55 bits per heavy atom. The Balaban J connectivity index is 2.25. The number of Topliss-reactive ketones (excluding diaryl/α,β-unsaturated/α-hetero) is 2. The lowest BCUT2D eigenvalue weighted by Crippen LogP contribution is -2.31. The average Bonchev–Trinajstić information content (AvgIpc) is 2.77. The van der Waals surface area contributed by atoms with Crippen molar-refractivity contribution in [3.63, 3.8) is 0 Å². The summed E-state index contributed by atoms with van der Waals surface area (Å²) < 4.78 is 11.7. The normalized spacial score (nSPS) is 12.2. The van der Waals surface area contributed by atoms with Gasteiger partial charge in [0, 0.05) is 17.7 Å². The lowest BCUT2D eigenvalue weighted by Gasteiger charge is -2.21. The van der Waals surface area contributed by atoms with Crippen LogP contribution in [0.2, 0.25) is 0 Å². The molecule has 2 rings (SSSR count). The van der Waals surface area contributed by atoms with Crippen molar-refractivity contribution >= 4 is 11.6 Å². The van der Waals surface area contributed by atoms with Gasteiger partial charge in [-0.1, -0.05) is 61.9 Å². The minimum absolute atomic E-state index is 0.356. The summed E-state index contributed by atoms with van der Waals surface area (Å²) in [4.78, 5) is 24.7. The van der Waals surface area contributed by atoms with Crippen molar-refractivity contribution in [2.24, 2.45) is 0 Å². The van der Waals surface area contributed by atoms with Crippen LogP contribution < -0.4 is 0 Å². The number of benzene rings is 2. The molecule has 0 spiro atoms. The van der Waals surface area contributed by atoms with Gasteiger partial charge >= 0.3 is 0 Å². The molecule has 0 aromatic heterocycles. The maximum Gasteiger partial charge on any atom is 0.193 e. The molecule has 6 nitrogen and oxygen atoms in total. The third kappa shape index (κ3) is 7.86. The minimum Gasteiger partial charge on any atom is -0.382 e. The van der Waals surface area contributed by atoms with E-state index in [9.17, 15) is 19.8 Å². The molecule has 0 aliphatic heterocycles. The van der Waals surface area contributed by atoms with E-state index in [1.165, 1.54) is 27.7 Å². The quantitative estimate of drug-likeness (QED) is 0.340. The van der Waals surface area contributed by atoms with Crippen LogP contribution in [0.5, 0.6) is 0 Å². The number of ketones is 2. The van der Waals surface area contributed by atoms with Gasteiger partial charge in [-0.25, -0.2) is 0 Å². The SMILES string of the molecule is CCCCOCCOC(c1ccc(C(=O)C(C)(C)O)cc1)c1ccc(C(=O)C(C)(C)O)cc1. The Hall–Kier alpha value is -2.38. The fourth-order valence-electron chi connectivity index (χ4n) is 3.28. The van der Waals surface area contributed by atoms with Crippen LogP contribution in [0, 0.1) is 0 Å². The fourth-order valence-corrected chi connectivity index (χ4v) is 3.28. The van der Waals surface area contributed by atoms with E-state index < -0.39 is 17.3 Å². The molecule has 6 heteroatoms. The van der Waals surface area contributed by atoms with E-state index in [1.807, 2.05) is 0 Å². The Kier molecular flexibility index (Phi) is 9.49. The molecule has 0 saturated carbocycles. The zero-order valence-corrected chi connectivity index (χ0v) is 20.3. The number of aliphatic hydroxyl groups is 2. The van der Waals surface area contributed by atoms with Crippen molar-refractivity contribution in [3.05, 3.63) is 70.8 Å². The number of hydrogen-bond acceptors (Lipinski definition) is 6. The largest absolute Gasteiger partial charge is 0.382 e. The first kappa shape index (κ1) is 26.9. The van der Waals surface area contributed by atoms with Gasteiger partial charge in [0.1, 0.15) is 17.3 Å². The van der Waals surface area contributed by atoms with Gasteiger partial charge in [0.05, 0.1) is 13.2 Å². The van der Waals surface area contributed by atoms with Gasteiger partial charge in [-0.2, -0.15) is 0 Å². The second-order valence-electron chi connectivity index (χ2n) is 9.24. The summed E-state index contributed by atoms with van der Waals surface area (Å²) in [5.74, 6) is -0.712. The number of carbonyl (C=O) groups excluding carboxylic acids is 2. The average molecular weight is 457 g/mol. The molecule has 0 atom stereocenters. The molecule has 0 fully saturated rings. The highest BCUT2D eigenvalue weighted by Gasteiger charge is 2.27. The maximum atomic E-state index is 12.3. The molecular formula is C27H36O6. The number of hydrogen-bond donors (Lipinski definition) is 2. The van der Waals surface area contributed by atoms with Crippen LogP contribution in [0.3, 0.4) is 0 Å². The number of carbonyl (C=O) groups is 2. The summed E-state index contributed by atoms with van der Waals surface area (Å²) >= 11 is 0. The van der Waals surface area contributed by atoms with E-state index in [0.29, 0.717) is 30.9 Å². The molecule has 2 aromatic rings. The fraction of sp³-hybridized carbons (Fsp3) is 0.481. The monoisotopic (exact) mass is 456 g/mol. The van der Waals surface area contributed by atoms with Crippen molar-refractivity contribution < 1.29 is 29.3 Å². The van der Waals surface area contributed by atoms with E-state index in [0.717, 1.165) is 24.0 Å². The number of unbranched alkanes of at least 4 members (excludes halogenated alkanes) is 1. The molecule has 33 heavy (non-hydrogen) atoms. The summed E-state index contributed by atoms with van der Waals surface area (Å²) in [5.41, 5.74) is -0.403. The summed E-state index contributed by atoms with van der Waals surface area (Å²) in [6.07, 6.45) is 1.63. The highest BCUT2D eigenvalue weighted by Crippen LogP contribution is 2.28. The Morgan fingerprint density at radius 2 is 1.18 bits per heavy atom. The van der Waals surface area contributed by atoms with Gasteiger partial charge in [-0.15, -0.1) is 0 Å². The van der Waals surface area contributed by atoms with Gasteiger partial charge in [-0.05, 0) is 45.2 Å². The Labute approximate surface area is 196 Å². The molecular weight excluding hydrogens is 420 g/mol. The van der Waals surface area contributed by atoms with Crippen LogP contribution >= 0.6 is 0 Å². The second kappa shape index (κ2) is 11.7. The molecule has 0 radical (unpaired) electrons. The molecule has 0 amide bonds. The number of ether oxygens (including phenoxy) is 2. The number of rotatable bonds is 13. The summed E-state index contributed by atoms with van der Waals surface area (Å²) in [5, 5.41) is 20.0. The standard InChI is InChI=1S/C27H36O6/c1-6-7-16-32-17-18-33-23(19-8-12-21(13-9-19)24(28)26(2,3)30)20-10-14-22(15-11-20)25(29)27(4,5)31/h8-15,23,30-31H,6-7,16-18H2,1-5H3. The highest BCUT2D eigenvalue weighted by atomic mass is 16.5. The van der Waals surface area contributed by atoms with Crippen LogP contribution in [0.15, 0.2) is 48.5 Å². The van der Waals surface area contributed by atoms with Gasteiger partial charge in [0.15, 0.2) is 11.6 Å². The first-order valence-electron chi connectivity index (χ1n) is 11.4. The summed E-state index contributed by atoms with van der Waals surface area (Å²) in [6.45, 7) is 9.48. The predicted octanol–water partition coefficient (Wildman–Crippen LogP) is 4.52. The van der Waals surface area contributed by atoms with E-state index in [-0.39, 0.29) is 11.6 Å². The predicted molar refractivity (Wildman–Crippen MR) is 128 cm³/mol. The molecule has 2 aromatic carbocycles. The zero-order valence-electron chi connectivity index (χ0n) is 20.3. The molecule has 0 heterocycles. The van der Waals surface area contributed by atoms with Crippen LogP contribution in [0.1, 0.15) is 85.4 Å². The van der Waals surface area contributed by atoms with Gasteiger partial charge < -0.3 is 19.7 Å². The van der Waals surface area contributed by atoms with Crippen molar-refractivity contribution in [2.75, 3.05) is 19.8 Å². The van der Waals surface area contributed by atoms with Crippen LogP contribution in [0.25, 0.3) is 0 Å². The zero-order chi connectivity index (χ0) is 24.6. The second-order valence-corrected chi connectivity index (χ2v) is 9.24. The highest BCUT2D eigenvalue weighted by molar-refractivity contribution is 6.02. The molecule has 2 N–H and O–H groups in total. The van der Waals surface area contributed by atoms with Crippen LogP contribution in [-0.2, 0) is 9.47 Å². The topological polar surface area (TPSA) is 93.1 Å². The summed E-state index contributed by atoms with van der Waals surface area (Å²) in [6, 6.07) is 13.9. The van der Waals surface area contributed by atoms with Crippen LogP contribution in [-0.4, -0.2) is 52.8 Å². The third-order valence-corrected chi connectivity index (χ3v) is 5.22. The molecule has 180 valence electrons. The molecule has 0 saturated heterocycles. The van der Waals surface area contributed by atoms with Gasteiger partial charge in [-0.3, -0.25) is 9.59 Å². The Bertz CT molecular complexity index is 832. The molecule has 0 aliphatic carbocycles. The van der Waals surface area contributed by atoms with E-state index >= 15 is 0 Å². The molecule has 0 unspecified atom stereocenters. The first-order chi connectivity index (χ1) is 15.4. The van der Waals surface area contributed by atoms with E-state index in [1.54, 1.807) is 48.5 Å². The Morgan fingerprint density at radius 1 is 0.758 bits per heavy atom. The smallest absolute Gasteiger partial charge is 0.193 e. The van der Waals surface area contributed by atoms with Crippen molar-refractivity contribution in [2.45, 2.75) is 64.8 Å². The van der Waals surface area contributed by atoms with Gasteiger partial charge in [0.2, 0.25) is 0 Å².